The van der Waals surface area contributed by atoms with E-state index in [1.165, 1.54) is 5.56 Å². The highest BCUT2D eigenvalue weighted by molar-refractivity contribution is 5.76. The Kier molecular flexibility index (Phi) is 5.49. The number of hydrogen-bond acceptors (Lipinski definition) is 3. The second kappa shape index (κ2) is 7.97. The van der Waals surface area contributed by atoms with Crippen LogP contribution in [0.3, 0.4) is 0 Å². The first kappa shape index (κ1) is 16.5. The van der Waals surface area contributed by atoms with E-state index in [4.69, 9.17) is 5.73 Å². The van der Waals surface area contributed by atoms with Gasteiger partial charge in [-0.25, -0.2) is 0 Å². The van der Waals surface area contributed by atoms with Crippen LogP contribution in [0, 0.1) is 0 Å². The lowest BCUT2D eigenvalue weighted by molar-refractivity contribution is -0.121. The van der Waals surface area contributed by atoms with Crippen LogP contribution in [0.1, 0.15) is 24.0 Å². The highest BCUT2D eigenvalue weighted by atomic mass is 16.1. The standard InChI is InChI=1S/C20H25N3O/c21-19-9-5-4-8-17(19)10-11-20(24)22-18-12-13-23(15-18)14-16-6-2-1-3-7-16/h1-9,18H,10-15,21H2,(H,22,24). The van der Waals surface area contributed by atoms with Crippen LogP contribution >= 0.6 is 0 Å². The smallest absolute Gasteiger partial charge is 0.220 e. The van der Waals surface area contributed by atoms with Crippen molar-refractivity contribution in [1.82, 2.24) is 10.2 Å². The third-order valence-electron chi connectivity index (χ3n) is 4.56. The number of hydrogen-bond donors (Lipinski definition) is 2. The molecule has 1 unspecified atom stereocenters. The topological polar surface area (TPSA) is 58.4 Å². The maximum Gasteiger partial charge on any atom is 0.220 e. The second-order valence-corrected chi connectivity index (χ2v) is 6.47. The summed E-state index contributed by atoms with van der Waals surface area (Å²) in [7, 11) is 0. The van der Waals surface area contributed by atoms with Crippen molar-refractivity contribution in [2.24, 2.45) is 0 Å². The molecule has 1 fully saturated rings. The van der Waals surface area contributed by atoms with Crippen molar-refractivity contribution in [1.29, 1.82) is 0 Å². The van der Waals surface area contributed by atoms with Gasteiger partial charge < -0.3 is 11.1 Å². The van der Waals surface area contributed by atoms with Gasteiger partial charge in [-0.1, -0.05) is 48.5 Å². The van der Waals surface area contributed by atoms with Gasteiger partial charge in [-0.2, -0.15) is 0 Å². The number of likely N-dealkylation sites (tertiary alicyclic amines) is 1. The maximum atomic E-state index is 12.2. The summed E-state index contributed by atoms with van der Waals surface area (Å²) in [6, 6.07) is 18.5. The minimum Gasteiger partial charge on any atom is -0.399 e. The highest BCUT2D eigenvalue weighted by Crippen LogP contribution is 2.15. The van der Waals surface area contributed by atoms with E-state index in [1.54, 1.807) is 0 Å². The van der Waals surface area contributed by atoms with Crippen LogP contribution in [0.2, 0.25) is 0 Å². The summed E-state index contributed by atoms with van der Waals surface area (Å²) in [6.45, 7) is 2.91. The third kappa shape index (κ3) is 4.59. The number of nitrogens with two attached hydrogens (primary N) is 1. The van der Waals surface area contributed by atoms with Crippen molar-refractivity contribution in [2.75, 3.05) is 18.8 Å². The third-order valence-corrected chi connectivity index (χ3v) is 4.56. The second-order valence-electron chi connectivity index (χ2n) is 6.47. The van der Waals surface area contributed by atoms with E-state index in [0.717, 1.165) is 37.3 Å². The van der Waals surface area contributed by atoms with Gasteiger partial charge in [0.25, 0.3) is 0 Å². The first-order valence-electron chi connectivity index (χ1n) is 8.60. The molecule has 0 radical (unpaired) electrons. The predicted octanol–water partition coefficient (Wildman–Crippen LogP) is 2.59. The first-order valence-corrected chi connectivity index (χ1v) is 8.60. The molecule has 1 amide bonds. The molecule has 3 N–H and O–H groups in total. The van der Waals surface area contributed by atoms with Gasteiger partial charge in [0.15, 0.2) is 0 Å². The minimum atomic E-state index is 0.116. The predicted molar refractivity (Wildman–Crippen MR) is 97.4 cm³/mol. The Morgan fingerprint density at radius 2 is 1.88 bits per heavy atom. The van der Waals surface area contributed by atoms with E-state index < -0.39 is 0 Å². The Balaban J connectivity index is 1.42. The Hall–Kier alpha value is -2.33. The highest BCUT2D eigenvalue weighted by Gasteiger charge is 2.23. The van der Waals surface area contributed by atoms with Crippen molar-refractivity contribution in [3.63, 3.8) is 0 Å². The zero-order chi connectivity index (χ0) is 16.8. The largest absolute Gasteiger partial charge is 0.399 e. The monoisotopic (exact) mass is 323 g/mol. The van der Waals surface area contributed by atoms with Gasteiger partial charge in [-0.05, 0) is 30.0 Å². The van der Waals surface area contributed by atoms with Crippen molar-refractivity contribution in [2.45, 2.75) is 31.8 Å². The lowest BCUT2D eigenvalue weighted by atomic mass is 10.1. The van der Waals surface area contributed by atoms with Gasteiger partial charge in [0.2, 0.25) is 5.91 Å². The summed E-state index contributed by atoms with van der Waals surface area (Å²) in [6.07, 6.45) is 2.20. The number of nitrogen functional groups attached to an aromatic ring is 1. The number of amides is 1. The molecule has 1 aliphatic heterocycles. The molecule has 0 saturated carbocycles. The fourth-order valence-electron chi connectivity index (χ4n) is 3.25. The van der Waals surface area contributed by atoms with Crippen molar-refractivity contribution in [3.05, 3.63) is 65.7 Å². The number of anilines is 1. The molecular formula is C20H25N3O. The zero-order valence-electron chi connectivity index (χ0n) is 13.9. The Labute approximate surface area is 143 Å². The number of rotatable bonds is 6. The van der Waals surface area contributed by atoms with Crippen LogP contribution in [0.15, 0.2) is 54.6 Å². The molecule has 1 saturated heterocycles. The van der Waals surface area contributed by atoms with Gasteiger partial charge in [0.1, 0.15) is 0 Å². The number of para-hydroxylation sites is 1. The number of carbonyl (C=O) groups is 1. The SMILES string of the molecule is Nc1ccccc1CCC(=O)NC1CCN(Cc2ccccc2)C1. The summed E-state index contributed by atoms with van der Waals surface area (Å²) in [5.74, 6) is 0.116. The van der Waals surface area contributed by atoms with Gasteiger partial charge in [-0.15, -0.1) is 0 Å². The maximum absolute atomic E-state index is 12.2. The van der Waals surface area contributed by atoms with Crippen LogP contribution in [0.25, 0.3) is 0 Å². The van der Waals surface area contributed by atoms with Gasteiger partial charge in [-0.3, -0.25) is 9.69 Å². The lowest BCUT2D eigenvalue weighted by Crippen LogP contribution is -2.37. The van der Waals surface area contributed by atoms with Crippen molar-refractivity contribution in [3.8, 4) is 0 Å². The average Bonchev–Trinajstić information content (AvgIpc) is 3.02. The molecule has 0 aliphatic carbocycles. The molecule has 4 heteroatoms. The lowest BCUT2D eigenvalue weighted by Gasteiger charge is -2.17. The van der Waals surface area contributed by atoms with Crippen LogP contribution in [0.4, 0.5) is 5.69 Å². The van der Waals surface area contributed by atoms with Gasteiger partial charge in [0, 0.05) is 37.8 Å². The molecule has 4 nitrogen and oxygen atoms in total. The van der Waals surface area contributed by atoms with Crippen LogP contribution in [-0.4, -0.2) is 29.9 Å². The Morgan fingerprint density at radius 3 is 2.67 bits per heavy atom. The summed E-state index contributed by atoms with van der Waals surface area (Å²) in [5.41, 5.74) is 9.06. The number of carbonyl (C=O) groups excluding carboxylic acids is 1. The minimum absolute atomic E-state index is 0.116. The molecule has 126 valence electrons. The van der Waals surface area contributed by atoms with Crippen LogP contribution in [0.5, 0.6) is 0 Å². The fourth-order valence-corrected chi connectivity index (χ4v) is 3.25. The number of benzene rings is 2. The molecule has 1 aliphatic rings. The Bertz CT molecular complexity index is 672. The molecule has 2 aromatic rings. The van der Waals surface area contributed by atoms with Gasteiger partial charge in [0.05, 0.1) is 0 Å². The summed E-state index contributed by atoms with van der Waals surface area (Å²) in [4.78, 5) is 14.6. The summed E-state index contributed by atoms with van der Waals surface area (Å²) < 4.78 is 0. The zero-order valence-corrected chi connectivity index (χ0v) is 13.9. The molecule has 3 rings (SSSR count). The van der Waals surface area contributed by atoms with Crippen LogP contribution < -0.4 is 11.1 Å². The molecule has 1 atom stereocenters. The van der Waals surface area contributed by atoms with E-state index in [2.05, 4.69) is 34.5 Å². The molecule has 1 heterocycles. The molecular weight excluding hydrogens is 298 g/mol. The first-order chi connectivity index (χ1) is 11.7. The molecule has 0 spiro atoms. The normalized spacial score (nSPS) is 17.8. The fraction of sp³-hybridized carbons (Fsp3) is 0.350. The van der Waals surface area contributed by atoms with Gasteiger partial charge >= 0.3 is 0 Å². The van der Waals surface area contributed by atoms with E-state index in [9.17, 15) is 4.79 Å². The Morgan fingerprint density at radius 1 is 1.12 bits per heavy atom. The molecule has 24 heavy (non-hydrogen) atoms. The molecule has 0 aromatic heterocycles. The molecule has 2 aromatic carbocycles. The van der Waals surface area contributed by atoms with Crippen molar-refractivity contribution >= 4 is 11.6 Å². The van der Waals surface area contributed by atoms with E-state index in [1.807, 2.05) is 30.3 Å². The van der Waals surface area contributed by atoms with Crippen LogP contribution in [-0.2, 0) is 17.8 Å². The number of nitrogens with zero attached hydrogens (tertiary/aromatic N) is 1. The van der Waals surface area contributed by atoms with E-state index in [-0.39, 0.29) is 11.9 Å². The van der Waals surface area contributed by atoms with Crippen molar-refractivity contribution < 1.29 is 4.79 Å². The summed E-state index contributed by atoms with van der Waals surface area (Å²) >= 11 is 0. The quantitative estimate of drug-likeness (QED) is 0.803. The average molecular weight is 323 g/mol. The van der Waals surface area contributed by atoms with E-state index >= 15 is 0 Å². The molecule has 0 bridgehead atoms. The number of aryl methyl sites for hydroxylation is 1. The summed E-state index contributed by atoms with van der Waals surface area (Å²) in [5, 5.41) is 3.16. The van der Waals surface area contributed by atoms with E-state index in [0.29, 0.717) is 12.8 Å². The number of nitrogens with one attached hydrogen (secondary N) is 1.